The van der Waals surface area contributed by atoms with Gasteiger partial charge in [-0.1, -0.05) is 24.6 Å². The lowest BCUT2D eigenvalue weighted by molar-refractivity contribution is 0.0948. The number of benzene rings is 1. The Morgan fingerprint density at radius 1 is 1.35 bits per heavy atom. The molecule has 1 amide bonds. The van der Waals surface area contributed by atoms with Gasteiger partial charge in [-0.15, -0.1) is 10.2 Å². The quantitative estimate of drug-likeness (QED) is 0.748. The topological polar surface area (TPSA) is 77.6 Å². The van der Waals surface area contributed by atoms with Gasteiger partial charge in [-0.2, -0.15) is 5.10 Å². The van der Waals surface area contributed by atoms with Crippen LogP contribution < -0.4 is 5.32 Å². The monoisotopic (exact) mass is 370 g/mol. The molecule has 0 radical (unpaired) electrons. The van der Waals surface area contributed by atoms with Gasteiger partial charge in [-0.05, 0) is 31.0 Å². The zero-order valence-corrected chi connectivity index (χ0v) is 15.2. The first-order valence-corrected chi connectivity index (χ1v) is 9.07. The lowest BCUT2D eigenvalue weighted by atomic mass is 10.2. The van der Waals surface area contributed by atoms with E-state index in [2.05, 4.69) is 25.2 Å². The van der Waals surface area contributed by atoms with Gasteiger partial charge in [0.2, 0.25) is 0 Å². The Morgan fingerprint density at radius 2 is 2.23 bits per heavy atom. The van der Waals surface area contributed by atoms with Crippen LogP contribution in [-0.2, 0) is 25.9 Å². The number of carbonyl (C=O) groups excluding carboxylic acids is 1. The van der Waals surface area contributed by atoms with Crippen LogP contribution in [0.2, 0.25) is 5.02 Å². The van der Waals surface area contributed by atoms with Crippen LogP contribution >= 0.6 is 11.6 Å². The van der Waals surface area contributed by atoms with Crippen LogP contribution in [0, 0.1) is 0 Å². The van der Waals surface area contributed by atoms with E-state index in [1.807, 2.05) is 31.2 Å². The van der Waals surface area contributed by atoms with E-state index in [9.17, 15) is 4.79 Å². The largest absolute Gasteiger partial charge is 0.345 e. The van der Waals surface area contributed by atoms with E-state index in [0.29, 0.717) is 23.6 Å². The summed E-state index contributed by atoms with van der Waals surface area (Å²) in [4.78, 5) is 12.7. The molecule has 3 aromatic rings. The minimum absolute atomic E-state index is 0.162. The van der Waals surface area contributed by atoms with E-state index >= 15 is 0 Å². The van der Waals surface area contributed by atoms with Gasteiger partial charge in [0, 0.05) is 18.0 Å². The van der Waals surface area contributed by atoms with Gasteiger partial charge in [0.25, 0.3) is 5.91 Å². The number of aromatic nitrogens is 5. The van der Waals surface area contributed by atoms with Crippen LogP contribution in [0.5, 0.6) is 0 Å². The average Bonchev–Trinajstić information content (AvgIpc) is 3.35. The van der Waals surface area contributed by atoms with Crippen LogP contribution in [-0.4, -0.2) is 30.5 Å². The van der Waals surface area contributed by atoms with E-state index in [1.54, 1.807) is 10.9 Å². The van der Waals surface area contributed by atoms with E-state index in [4.69, 9.17) is 11.6 Å². The van der Waals surface area contributed by atoms with Crippen LogP contribution in [0.3, 0.4) is 0 Å². The standard InChI is InChI=1S/C18H19ClN6O/c1-2-15-14(10-21-25(15)13-6-3-5-12(19)9-13)18(26)20-11-17-23-22-16-7-4-8-24(16)17/h3,5-6,9-10H,2,4,7-8,11H2,1H3,(H,20,26). The van der Waals surface area contributed by atoms with E-state index < -0.39 is 0 Å². The average molecular weight is 371 g/mol. The summed E-state index contributed by atoms with van der Waals surface area (Å²) in [6, 6.07) is 7.42. The van der Waals surface area contributed by atoms with Gasteiger partial charge >= 0.3 is 0 Å². The molecular weight excluding hydrogens is 352 g/mol. The van der Waals surface area contributed by atoms with Crippen LogP contribution in [0.25, 0.3) is 5.69 Å². The molecule has 0 fully saturated rings. The van der Waals surface area contributed by atoms with Crippen molar-refractivity contribution >= 4 is 17.5 Å². The van der Waals surface area contributed by atoms with Crippen molar-refractivity contribution in [3.8, 4) is 5.69 Å². The number of nitrogens with one attached hydrogen (secondary N) is 1. The second-order valence-electron chi connectivity index (χ2n) is 6.22. The fourth-order valence-electron chi connectivity index (χ4n) is 3.33. The molecule has 0 unspecified atom stereocenters. The molecule has 0 aliphatic carbocycles. The van der Waals surface area contributed by atoms with Gasteiger partial charge in [0.1, 0.15) is 5.82 Å². The smallest absolute Gasteiger partial charge is 0.255 e. The Hall–Kier alpha value is -2.67. The lowest BCUT2D eigenvalue weighted by Crippen LogP contribution is -2.25. The molecule has 4 rings (SSSR count). The van der Waals surface area contributed by atoms with E-state index in [0.717, 1.165) is 42.4 Å². The molecule has 0 spiro atoms. The molecule has 0 atom stereocenters. The molecule has 0 bridgehead atoms. The molecule has 8 heteroatoms. The van der Waals surface area contributed by atoms with Crippen molar-refractivity contribution < 1.29 is 4.79 Å². The molecular formula is C18H19ClN6O. The molecule has 3 heterocycles. The maximum Gasteiger partial charge on any atom is 0.255 e. The molecule has 1 aromatic carbocycles. The molecule has 2 aromatic heterocycles. The second-order valence-corrected chi connectivity index (χ2v) is 6.66. The minimum atomic E-state index is -0.162. The zero-order valence-electron chi connectivity index (χ0n) is 14.4. The van der Waals surface area contributed by atoms with Gasteiger partial charge in [-0.3, -0.25) is 4.79 Å². The fourth-order valence-corrected chi connectivity index (χ4v) is 3.51. The molecule has 0 saturated carbocycles. The summed E-state index contributed by atoms with van der Waals surface area (Å²) in [6.45, 7) is 3.28. The van der Waals surface area contributed by atoms with Crippen molar-refractivity contribution in [2.24, 2.45) is 0 Å². The summed E-state index contributed by atoms with van der Waals surface area (Å²) in [6.07, 6.45) is 4.31. The van der Waals surface area contributed by atoms with Gasteiger partial charge < -0.3 is 9.88 Å². The number of aryl methyl sites for hydroxylation is 1. The van der Waals surface area contributed by atoms with Crippen LogP contribution in [0.1, 0.15) is 41.0 Å². The lowest BCUT2D eigenvalue weighted by Gasteiger charge is -2.09. The first-order chi connectivity index (χ1) is 12.7. The molecule has 1 N–H and O–H groups in total. The van der Waals surface area contributed by atoms with Crippen molar-refractivity contribution in [2.45, 2.75) is 39.3 Å². The van der Waals surface area contributed by atoms with Crippen LogP contribution in [0.4, 0.5) is 0 Å². The predicted octanol–water partition coefficient (Wildman–Crippen LogP) is 2.56. The Kier molecular flexibility index (Phi) is 4.46. The summed E-state index contributed by atoms with van der Waals surface area (Å²) >= 11 is 6.08. The van der Waals surface area contributed by atoms with E-state index in [-0.39, 0.29) is 5.91 Å². The van der Waals surface area contributed by atoms with Crippen molar-refractivity contribution in [3.63, 3.8) is 0 Å². The highest BCUT2D eigenvalue weighted by Crippen LogP contribution is 2.19. The van der Waals surface area contributed by atoms with Crippen molar-refractivity contribution in [2.75, 3.05) is 0 Å². The number of carbonyl (C=O) groups is 1. The highest BCUT2D eigenvalue weighted by atomic mass is 35.5. The third-order valence-electron chi connectivity index (χ3n) is 4.59. The maximum absolute atomic E-state index is 12.7. The minimum Gasteiger partial charge on any atom is -0.345 e. The molecule has 0 saturated heterocycles. The third kappa shape index (κ3) is 2.99. The predicted molar refractivity (Wildman–Crippen MR) is 97.5 cm³/mol. The van der Waals surface area contributed by atoms with Gasteiger partial charge in [0.05, 0.1) is 29.7 Å². The fraction of sp³-hybridized carbons (Fsp3) is 0.333. The number of fused-ring (bicyclic) bond motifs is 1. The molecule has 26 heavy (non-hydrogen) atoms. The van der Waals surface area contributed by atoms with Gasteiger partial charge in [0.15, 0.2) is 5.82 Å². The summed E-state index contributed by atoms with van der Waals surface area (Å²) < 4.78 is 3.84. The number of rotatable bonds is 5. The Bertz CT molecular complexity index is 960. The summed E-state index contributed by atoms with van der Waals surface area (Å²) in [5.41, 5.74) is 2.24. The Labute approximate surface area is 156 Å². The Balaban J connectivity index is 1.54. The second kappa shape index (κ2) is 6.92. The van der Waals surface area contributed by atoms with Crippen molar-refractivity contribution in [3.05, 3.63) is 58.4 Å². The van der Waals surface area contributed by atoms with E-state index in [1.165, 1.54) is 0 Å². The molecule has 134 valence electrons. The molecule has 7 nitrogen and oxygen atoms in total. The van der Waals surface area contributed by atoms with Crippen molar-refractivity contribution in [1.29, 1.82) is 0 Å². The normalized spacial score (nSPS) is 13.0. The van der Waals surface area contributed by atoms with Crippen molar-refractivity contribution in [1.82, 2.24) is 29.9 Å². The number of halogens is 1. The first-order valence-electron chi connectivity index (χ1n) is 8.69. The third-order valence-corrected chi connectivity index (χ3v) is 4.83. The SMILES string of the molecule is CCc1c(C(=O)NCc2nnc3n2CCC3)cnn1-c1cccc(Cl)c1. The van der Waals surface area contributed by atoms with Gasteiger partial charge in [-0.25, -0.2) is 4.68 Å². The number of nitrogens with zero attached hydrogens (tertiary/aromatic N) is 5. The van der Waals surface area contributed by atoms with Crippen LogP contribution in [0.15, 0.2) is 30.5 Å². The highest BCUT2D eigenvalue weighted by molar-refractivity contribution is 6.30. The number of hydrogen-bond acceptors (Lipinski definition) is 4. The summed E-state index contributed by atoms with van der Waals surface area (Å²) in [5.74, 6) is 1.63. The summed E-state index contributed by atoms with van der Waals surface area (Å²) in [7, 11) is 0. The highest BCUT2D eigenvalue weighted by Gasteiger charge is 2.20. The molecule has 1 aliphatic heterocycles. The Morgan fingerprint density at radius 3 is 3.04 bits per heavy atom. The summed E-state index contributed by atoms with van der Waals surface area (Å²) in [5, 5.41) is 16.3. The number of hydrogen-bond donors (Lipinski definition) is 1. The maximum atomic E-state index is 12.7. The zero-order chi connectivity index (χ0) is 18.1. The first kappa shape index (κ1) is 16.8. The molecule has 1 aliphatic rings. The number of amides is 1.